The zero-order valence-corrected chi connectivity index (χ0v) is 18.0. The minimum absolute atomic E-state index is 0.130. The molecule has 0 aliphatic carbocycles. The molecule has 0 spiro atoms. The molecular formula is C22H33N3O3. The summed E-state index contributed by atoms with van der Waals surface area (Å²) in [6, 6.07) is 7.93. The van der Waals surface area contributed by atoms with Crippen LogP contribution < -0.4 is 5.32 Å². The molecule has 0 bridgehead atoms. The third-order valence-corrected chi connectivity index (χ3v) is 4.72. The molecule has 1 aromatic rings. The molecule has 1 fully saturated rings. The molecule has 0 radical (unpaired) electrons. The lowest BCUT2D eigenvalue weighted by molar-refractivity contribution is 0.0167. The molecule has 1 N–H and O–H groups in total. The van der Waals surface area contributed by atoms with Crippen molar-refractivity contribution in [2.75, 3.05) is 26.2 Å². The molecule has 1 heterocycles. The molecule has 0 saturated carbocycles. The van der Waals surface area contributed by atoms with Gasteiger partial charge in [-0.15, -0.1) is 0 Å². The number of allylic oxidation sites excluding steroid dienone is 1. The summed E-state index contributed by atoms with van der Waals surface area (Å²) < 4.78 is 5.40. The summed E-state index contributed by atoms with van der Waals surface area (Å²) in [6.07, 6.45) is -0.329. The van der Waals surface area contributed by atoms with E-state index in [1.54, 1.807) is 9.80 Å². The van der Waals surface area contributed by atoms with Gasteiger partial charge in [0, 0.05) is 26.2 Å². The van der Waals surface area contributed by atoms with E-state index >= 15 is 0 Å². The van der Waals surface area contributed by atoms with E-state index in [1.165, 1.54) is 0 Å². The van der Waals surface area contributed by atoms with Crippen LogP contribution in [0.15, 0.2) is 30.8 Å². The smallest absolute Gasteiger partial charge is 0.410 e. The maximum atomic E-state index is 12.8. The lowest BCUT2D eigenvalue weighted by Crippen LogP contribution is -2.56. The van der Waals surface area contributed by atoms with Crippen LogP contribution in [-0.4, -0.2) is 53.7 Å². The fourth-order valence-corrected chi connectivity index (χ4v) is 3.01. The Morgan fingerprint density at radius 2 is 1.61 bits per heavy atom. The van der Waals surface area contributed by atoms with Crippen LogP contribution in [0, 0.1) is 0 Å². The van der Waals surface area contributed by atoms with Gasteiger partial charge in [-0.3, -0.25) is 0 Å². The number of amides is 3. The highest BCUT2D eigenvalue weighted by molar-refractivity contribution is 5.76. The van der Waals surface area contributed by atoms with E-state index in [0.717, 1.165) is 16.7 Å². The first-order valence-electron chi connectivity index (χ1n) is 9.70. The molecule has 6 heteroatoms. The van der Waals surface area contributed by atoms with Gasteiger partial charge in [-0.1, -0.05) is 30.4 Å². The molecule has 6 nitrogen and oxygen atoms in total. The average molecular weight is 388 g/mol. The molecule has 3 amide bonds. The van der Waals surface area contributed by atoms with Crippen LogP contribution in [0.5, 0.6) is 0 Å². The monoisotopic (exact) mass is 387 g/mol. The second-order valence-corrected chi connectivity index (χ2v) is 8.87. The van der Waals surface area contributed by atoms with Crippen molar-refractivity contribution in [1.82, 2.24) is 15.1 Å². The van der Waals surface area contributed by atoms with Crippen molar-refractivity contribution < 1.29 is 14.3 Å². The number of carbonyl (C=O) groups is 2. The van der Waals surface area contributed by atoms with Crippen molar-refractivity contribution >= 4 is 17.7 Å². The summed E-state index contributed by atoms with van der Waals surface area (Å²) >= 11 is 0. The number of benzene rings is 1. The lowest BCUT2D eigenvalue weighted by Gasteiger charge is -2.37. The zero-order chi connectivity index (χ0) is 21.1. The minimum Gasteiger partial charge on any atom is -0.444 e. The van der Waals surface area contributed by atoms with Gasteiger partial charge in [0.05, 0.1) is 5.54 Å². The van der Waals surface area contributed by atoms with Crippen LogP contribution in [0.25, 0.3) is 5.57 Å². The predicted molar refractivity (Wildman–Crippen MR) is 112 cm³/mol. The van der Waals surface area contributed by atoms with Crippen LogP contribution in [0.4, 0.5) is 9.59 Å². The van der Waals surface area contributed by atoms with Crippen LogP contribution in [0.1, 0.15) is 52.7 Å². The molecule has 1 aliphatic heterocycles. The largest absolute Gasteiger partial charge is 0.444 e. The molecule has 2 rings (SSSR count). The first kappa shape index (κ1) is 21.8. The molecule has 0 aromatic heterocycles. The van der Waals surface area contributed by atoms with E-state index in [9.17, 15) is 9.59 Å². The molecule has 1 saturated heterocycles. The van der Waals surface area contributed by atoms with E-state index in [0.29, 0.717) is 26.2 Å². The molecule has 0 unspecified atom stereocenters. The number of hydrogen-bond acceptors (Lipinski definition) is 3. The first-order valence-corrected chi connectivity index (χ1v) is 9.70. The number of nitrogens with zero attached hydrogens (tertiary/aromatic N) is 2. The molecule has 0 atom stereocenters. The van der Waals surface area contributed by atoms with E-state index in [1.807, 2.05) is 59.7 Å². The SMILES string of the molecule is C=C(C)c1cccc(C(C)(C)NC(=O)N2CCN(C(=O)OC(C)(C)C)CC2)c1. The normalized spacial score (nSPS) is 15.2. The Morgan fingerprint density at radius 3 is 2.14 bits per heavy atom. The fourth-order valence-electron chi connectivity index (χ4n) is 3.01. The van der Waals surface area contributed by atoms with Crippen molar-refractivity contribution in [3.05, 3.63) is 42.0 Å². The number of piperazine rings is 1. The zero-order valence-electron chi connectivity index (χ0n) is 18.0. The van der Waals surface area contributed by atoms with E-state index < -0.39 is 11.1 Å². The maximum Gasteiger partial charge on any atom is 0.410 e. The summed E-state index contributed by atoms with van der Waals surface area (Å²) in [7, 11) is 0. The van der Waals surface area contributed by atoms with Gasteiger partial charge in [-0.05, 0) is 58.7 Å². The third kappa shape index (κ3) is 5.75. The van der Waals surface area contributed by atoms with Gasteiger partial charge < -0.3 is 19.9 Å². The second kappa shape index (κ2) is 8.25. The molecule has 1 aliphatic rings. The topological polar surface area (TPSA) is 61.9 Å². The highest BCUT2D eigenvalue weighted by Gasteiger charge is 2.30. The predicted octanol–water partition coefficient (Wildman–Crippen LogP) is 4.22. The second-order valence-electron chi connectivity index (χ2n) is 8.87. The molecule has 1 aromatic carbocycles. The van der Waals surface area contributed by atoms with Crippen molar-refractivity contribution in [3.63, 3.8) is 0 Å². The van der Waals surface area contributed by atoms with Gasteiger partial charge >= 0.3 is 12.1 Å². The Bertz CT molecular complexity index is 742. The van der Waals surface area contributed by atoms with E-state index in [4.69, 9.17) is 4.74 Å². The molecule has 154 valence electrons. The average Bonchev–Trinajstić information content (AvgIpc) is 2.60. The van der Waals surface area contributed by atoms with Crippen LogP contribution >= 0.6 is 0 Å². The number of carbonyl (C=O) groups excluding carboxylic acids is 2. The fraction of sp³-hybridized carbons (Fsp3) is 0.545. The summed E-state index contributed by atoms with van der Waals surface area (Å²) in [6.45, 7) is 17.4. The van der Waals surface area contributed by atoms with Crippen LogP contribution in [-0.2, 0) is 10.3 Å². The molecule has 28 heavy (non-hydrogen) atoms. The van der Waals surface area contributed by atoms with Gasteiger partial charge in [0.15, 0.2) is 0 Å². The number of hydrogen-bond donors (Lipinski definition) is 1. The van der Waals surface area contributed by atoms with Crippen molar-refractivity contribution in [2.24, 2.45) is 0 Å². The minimum atomic E-state index is -0.523. The summed E-state index contributed by atoms with van der Waals surface area (Å²) in [5.74, 6) is 0. The van der Waals surface area contributed by atoms with E-state index in [2.05, 4.69) is 18.0 Å². The quantitative estimate of drug-likeness (QED) is 0.845. The van der Waals surface area contributed by atoms with Gasteiger partial charge in [0.1, 0.15) is 5.60 Å². The number of urea groups is 1. The molecular weight excluding hydrogens is 354 g/mol. The van der Waals surface area contributed by atoms with Gasteiger partial charge in [-0.2, -0.15) is 0 Å². The van der Waals surface area contributed by atoms with Crippen molar-refractivity contribution in [1.29, 1.82) is 0 Å². The number of ether oxygens (including phenoxy) is 1. The van der Waals surface area contributed by atoms with Gasteiger partial charge in [0.25, 0.3) is 0 Å². The van der Waals surface area contributed by atoms with Gasteiger partial charge in [0.2, 0.25) is 0 Å². The lowest BCUT2D eigenvalue weighted by atomic mass is 9.92. The van der Waals surface area contributed by atoms with Crippen molar-refractivity contribution in [3.8, 4) is 0 Å². The Hall–Kier alpha value is -2.50. The Labute approximate surface area is 168 Å². The van der Waals surface area contributed by atoms with Crippen LogP contribution in [0.2, 0.25) is 0 Å². The Kier molecular flexibility index (Phi) is 6.42. The Balaban J connectivity index is 1.96. The summed E-state index contributed by atoms with van der Waals surface area (Å²) in [4.78, 5) is 28.3. The highest BCUT2D eigenvalue weighted by Crippen LogP contribution is 2.24. The first-order chi connectivity index (χ1) is 12.9. The highest BCUT2D eigenvalue weighted by atomic mass is 16.6. The van der Waals surface area contributed by atoms with Gasteiger partial charge in [-0.25, -0.2) is 9.59 Å². The Morgan fingerprint density at radius 1 is 1.04 bits per heavy atom. The third-order valence-electron chi connectivity index (χ3n) is 4.72. The maximum absolute atomic E-state index is 12.8. The van der Waals surface area contributed by atoms with Crippen LogP contribution in [0.3, 0.4) is 0 Å². The summed E-state index contributed by atoms with van der Waals surface area (Å²) in [5, 5.41) is 3.11. The standard InChI is InChI=1S/C22H33N3O3/c1-16(2)17-9-8-10-18(15-17)22(6,7)23-19(26)24-11-13-25(14-12-24)20(27)28-21(3,4)5/h8-10,15H,1,11-14H2,2-7H3,(H,23,26). The van der Waals surface area contributed by atoms with Crippen molar-refractivity contribution in [2.45, 2.75) is 52.7 Å². The number of nitrogens with one attached hydrogen (secondary N) is 1. The summed E-state index contributed by atoms with van der Waals surface area (Å²) in [5.41, 5.74) is 2.03. The van der Waals surface area contributed by atoms with E-state index in [-0.39, 0.29) is 12.1 Å². The number of rotatable bonds is 3.